The van der Waals surface area contributed by atoms with Crippen LogP contribution in [0.2, 0.25) is 0 Å². The van der Waals surface area contributed by atoms with Crippen LogP contribution in [0.3, 0.4) is 0 Å². The highest BCUT2D eigenvalue weighted by Crippen LogP contribution is 2.18. The van der Waals surface area contributed by atoms with E-state index >= 15 is 0 Å². The van der Waals surface area contributed by atoms with Gasteiger partial charge >= 0.3 is 0 Å². The minimum absolute atomic E-state index is 0.0982. The molecule has 94 valence electrons. The van der Waals surface area contributed by atoms with E-state index in [1.54, 1.807) is 18.0 Å². The number of hydrogen-bond donors (Lipinski definition) is 1. The molecule has 1 atom stereocenters. The fourth-order valence-electron chi connectivity index (χ4n) is 2.10. The fourth-order valence-corrected chi connectivity index (χ4v) is 2.10. The Morgan fingerprint density at radius 2 is 2.28 bits per heavy atom. The van der Waals surface area contributed by atoms with Gasteiger partial charge in [0.05, 0.1) is 11.6 Å². The second-order valence-corrected chi connectivity index (χ2v) is 4.49. The first-order chi connectivity index (χ1) is 8.58. The van der Waals surface area contributed by atoms with E-state index in [1.165, 1.54) is 12.1 Å². The molecular weight excluding hydrogens is 233 g/mol. The van der Waals surface area contributed by atoms with Crippen molar-refractivity contribution in [3.8, 4) is 6.07 Å². The summed E-state index contributed by atoms with van der Waals surface area (Å²) < 4.78 is 13.3. The summed E-state index contributed by atoms with van der Waals surface area (Å²) in [5.74, 6) is -0.304. The highest BCUT2D eigenvalue weighted by Gasteiger charge is 2.22. The average Bonchev–Trinajstić information content (AvgIpc) is 2.33. The molecule has 1 aliphatic rings. The molecule has 0 bridgehead atoms. The summed E-state index contributed by atoms with van der Waals surface area (Å²) in [6.07, 6.45) is 1.22. The van der Waals surface area contributed by atoms with Gasteiger partial charge in [-0.25, -0.2) is 4.39 Å². The van der Waals surface area contributed by atoms with E-state index in [-0.39, 0.29) is 17.5 Å². The Kier molecular flexibility index (Phi) is 3.47. The third kappa shape index (κ3) is 2.77. The number of nitriles is 1. The van der Waals surface area contributed by atoms with E-state index in [0.29, 0.717) is 18.7 Å². The fraction of sp³-hybridized carbons (Fsp3) is 0.385. The SMILES string of the molecule is CN1CC(Nc2cc(F)cc(C#N)c2)CCC1=O. The molecule has 5 heteroatoms. The van der Waals surface area contributed by atoms with E-state index in [0.717, 1.165) is 6.42 Å². The average molecular weight is 247 g/mol. The molecule has 1 fully saturated rings. The van der Waals surface area contributed by atoms with Crippen molar-refractivity contribution in [3.05, 3.63) is 29.6 Å². The molecule has 2 rings (SSSR count). The number of likely N-dealkylation sites (tertiary alicyclic amines) is 1. The zero-order chi connectivity index (χ0) is 13.1. The summed E-state index contributed by atoms with van der Waals surface area (Å²) in [6.45, 7) is 0.594. The van der Waals surface area contributed by atoms with E-state index in [2.05, 4.69) is 5.32 Å². The number of benzene rings is 1. The van der Waals surface area contributed by atoms with Gasteiger partial charge in [-0.2, -0.15) is 5.26 Å². The molecule has 0 spiro atoms. The molecular formula is C13H14FN3O. The van der Waals surface area contributed by atoms with Gasteiger partial charge < -0.3 is 10.2 Å². The third-order valence-corrected chi connectivity index (χ3v) is 3.02. The Bertz CT molecular complexity index is 509. The van der Waals surface area contributed by atoms with Crippen molar-refractivity contribution >= 4 is 11.6 Å². The van der Waals surface area contributed by atoms with Gasteiger partial charge in [-0.05, 0) is 24.6 Å². The Labute approximate surface area is 105 Å². The van der Waals surface area contributed by atoms with Crippen LogP contribution in [0.4, 0.5) is 10.1 Å². The van der Waals surface area contributed by atoms with E-state index in [9.17, 15) is 9.18 Å². The highest BCUT2D eigenvalue weighted by atomic mass is 19.1. The molecule has 1 N–H and O–H groups in total. The number of carbonyl (C=O) groups excluding carboxylic acids is 1. The summed E-state index contributed by atoms with van der Waals surface area (Å²) in [5.41, 5.74) is 0.872. The van der Waals surface area contributed by atoms with Crippen LogP contribution >= 0.6 is 0 Å². The lowest BCUT2D eigenvalue weighted by Crippen LogP contribution is -2.43. The normalized spacial score (nSPS) is 19.5. The van der Waals surface area contributed by atoms with Gasteiger partial charge in [0.25, 0.3) is 0 Å². The first-order valence-corrected chi connectivity index (χ1v) is 5.79. The summed E-state index contributed by atoms with van der Waals surface area (Å²) in [5, 5.41) is 11.9. The van der Waals surface area contributed by atoms with Crippen molar-refractivity contribution in [2.24, 2.45) is 0 Å². The van der Waals surface area contributed by atoms with E-state index in [4.69, 9.17) is 5.26 Å². The Hall–Kier alpha value is -2.09. The molecule has 1 aliphatic heterocycles. The molecule has 0 aromatic heterocycles. The molecule has 1 aromatic rings. The number of piperidine rings is 1. The molecule has 0 aliphatic carbocycles. The largest absolute Gasteiger partial charge is 0.380 e. The molecule has 1 amide bonds. The number of amides is 1. The van der Waals surface area contributed by atoms with Crippen LogP contribution in [0.25, 0.3) is 0 Å². The van der Waals surface area contributed by atoms with Gasteiger partial charge in [-0.3, -0.25) is 4.79 Å². The third-order valence-electron chi connectivity index (χ3n) is 3.02. The first-order valence-electron chi connectivity index (χ1n) is 5.79. The van der Waals surface area contributed by atoms with Gasteiger partial charge in [-0.15, -0.1) is 0 Å². The number of nitrogens with zero attached hydrogens (tertiary/aromatic N) is 2. The minimum Gasteiger partial charge on any atom is -0.380 e. The number of rotatable bonds is 2. The molecule has 4 nitrogen and oxygen atoms in total. The van der Waals surface area contributed by atoms with Crippen LogP contribution in [0.5, 0.6) is 0 Å². The van der Waals surface area contributed by atoms with Crippen molar-refractivity contribution in [1.82, 2.24) is 4.90 Å². The summed E-state index contributed by atoms with van der Waals surface area (Å²) in [4.78, 5) is 13.0. The highest BCUT2D eigenvalue weighted by molar-refractivity contribution is 5.77. The number of likely N-dealkylation sites (N-methyl/N-ethyl adjacent to an activating group) is 1. The van der Waals surface area contributed by atoms with Crippen LogP contribution in [0.1, 0.15) is 18.4 Å². The number of nitrogens with one attached hydrogen (secondary N) is 1. The number of hydrogen-bond acceptors (Lipinski definition) is 3. The zero-order valence-electron chi connectivity index (χ0n) is 10.1. The monoisotopic (exact) mass is 247 g/mol. The minimum atomic E-state index is -0.434. The predicted octanol–water partition coefficient (Wildman–Crippen LogP) is 1.73. The molecule has 1 heterocycles. The van der Waals surface area contributed by atoms with Crippen molar-refractivity contribution in [1.29, 1.82) is 5.26 Å². The van der Waals surface area contributed by atoms with Crippen LogP contribution in [0.15, 0.2) is 18.2 Å². The van der Waals surface area contributed by atoms with Gasteiger partial charge in [0.15, 0.2) is 0 Å². The van der Waals surface area contributed by atoms with Gasteiger partial charge in [0.2, 0.25) is 5.91 Å². The number of halogens is 1. The summed E-state index contributed by atoms with van der Waals surface area (Å²) in [6, 6.07) is 6.18. The molecule has 1 unspecified atom stereocenters. The second kappa shape index (κ2) is 5.05. The Morgan fingerprint density at radius 3 is 2.94 bits per heavy atom. The summed E-state index contributed by atoms with van der Waals surface area (Å²) >= 11 is 0. The van der Waals surface area contributed by atoms with Gasteiger partial charge in [0.1, 0.15) is 5.82 Å². The van der Waals surface area contributed by atoms with Crippen LogP contribution in [0, 0.1) is 17.1 Å². The van der Waals surface area contributed by atoms with Crippen molar-refractivity contribution in [2.75, 3.05) is 18.9 Å². The quantitative estimate of drug-likeness (QED) is 0.865. The lowest BCUT2D eigenvalue weighted by Gasteiger charge is -2.30. The molecule has 0 saturated carbocycles. The maximum Gasteiger partial charge on any atom is 0.222 e. The van der Waals surface area contributed by atoms with E-state index in [1.807, 2.05) is 6.07 Å². The molecule has 0 radical (unpaired) electrons. The maximum absolute atomic E-state index is 13.3. The number of carbonyl (C=O) groups is 1. The molecule has 18 heavy (non-hydrogen) atoms. The lowest BCUT2D eigenvalue weighted by atomic mass is 10.0. The maximum atomic E-state index is 13.3. The van der Waals surface area contributed by atoms with Gasteiger partial charge in [-0.1, -0.05) is 0 Å². The lowest BCUT2D eigenvalue weighted by molar-refractivity contribution is -0.132. The topological polar surface area (TPSA) is 56.1 Å². The number of anilines is 1. The van der Waals surface area contributed by atoms with Crippen molar-refractivity contribution in [3.63, 3.8) is 0 Å². The molecule has 1 saturated heterocycles. The van der Waals surface area contributed by atoms with Crippen LogP contribution < -0.4 is 5.32 Å². The van der Waals surface area contributed by atoms with Crippen LogP contribution in [-0.2, 0) is 4.79 Å². The van der Waals surface area contributed by atoms with Crippen molar-refractivity contribution in [2.45, 2.75) is 18.9 Å². The van der Waals surface area contributed by atoms with Crippen LogP contribution in [-0.4, -0.2) is 30.4 Å². The second-order valence-electron chi connectivity index (χ2n) is 4.49. The molecule has 1 aromatic carbocycles. The standard InChI is InChI=1S/C13H14FN3O/c1-17-8-11(2-3-13(17)18)16-12-5-9(7-15)4-10(14)6-12/h4-6,11,16H,2-3,8H2,1H3. The van der Waals surface area contributed by atoms with E-state index < -0.39 is 5.82 Å². The predicted molar refractivity (Wildman–Crippen MR) is 65.4 cm³/mol. The van der Waals surface area contributed by atoms with Gasteiger partial charge in [0, 0.05) is 31.7 Å². The smallest absolute Gasteiger partial charge is 0.222 e. The summed E-state index contributed by atoms with van der Waals surface area (Å²) in [7, 11) is 1.75. The first kappa shape index (κ1) is 12.4. The zero-order valence-corrected chi connectivity index (χ0v) is 10.1. The Morgan fingerprint density at radius 1 is 1.50 bits per heavy atom. The Balaban J connectivity index is 2.08. The van der Waals surface area contributed by atoms with Crippen molar-refractivity contribution < 1.29 is 9.18 Å².